The van der Waals surface area contributed by atoms with Gasteiger partial charge < -0.3 is 4.90 Å². The summed E-state index contributed by atoms with van der Waals surface area (Å²) in [5.74, 6) is -0.320. The molecule has 1 aromatic carbocycles. The van der Waals surface area contributed by atoms with Gasteiger partial charge in [-0.15, -0.1) is 0 Å². The Morgan fingerprint density at radius 1 is 1.38 bits per heavy atom. The molecular formula is C16H16F2N2O. The highest BCUT2D eigenvalue weighted by atomic mass is 19.3. The smallest absolute Gasteiger partial charge is 0.255 e. The monoisotopic (exact) mass is 290 g/mol. The van der Waals surface area contributed by atoms with Gasteiger partial charge in [-0.2, -0.15) is 0 Å². The Morgan fingerprint density at radius 3 is 2.76 bits per heavy atom. The van der Waals surface area contributed by atoms with Gasteiger partial charge in [0.2, 0.25) is 0 Å². The van der Waals surface area contributed by atoms with Crippen molar-refractivity contribution >= 4 is 16.8 Å². The molecule has 21 heavy (non-hydrogen) atoms. The Labute approximate surface area is 121 Å². The molecule has 0 atom stereocenters. The molecule has 1 saturated carbocycles. The average molecular weight is 290 g/mol. The van der Waals surface area contributed by atoms with Gasteiger partial charge in [-0.1, -0.05) is 18.2 Å². The number of pyridine rings is 1. The van der Waals surface area contributed by atoms with E-state index in [1.165, 1.54) is 4.90 Å². The summed E-state index contributed by atoms with van der Waals surface area (Å²) >= 11 is 0. The Kier molecular flexibility index (Phi) is 3.57. The third-order valence-corrected chi connectivity index (χ3v) is 3.66. The maximum absolute atomic E-state index is 12.7. The van der Waals surface area contributed by atoms with Gasteiger partial charge in [0.05, 0.1) is 17.6 Å². The number of rotatable bonds is 4. The Bertz CT molecular complexity index is 683. The first-order chi connectivity index (χ1) is 10.1. The highest BCUT2D eigenvalue weighted by Gasteiger charge is 2.35. The minimum Gasteiger partial charge on any atom is -0.330 e. The second-order valence-electron chi connectivity index (χ2n) is 5.41. The second-order valence-corrected chi connectivity index (χ2v) is 5.41. The predicted octanol–water partition coefficient (Wildman–Crippen LogP) is 3.41. The van der Waals surface area contributed by atoms with Crippen molar-refractivity contribution in [3.8, 4) is 0 Å². The number of para-hydroxylation sites is 1. The molecule has 1 heterocycles. The molecule has 0 unspecified atom stereocenters. The van der Waals surface area contributed by atoms with Crippen molar-refractivity contribution in [3.05, 3.63) is 41.6 Å². The average Bonchev–Trinajstić information content (AvgIpc) is 3.27. The summed E-state index contributed by atoms with van der Waals surface area (Å²) in [5.41, 5.74) is 1.89. The molecule has 0 radical (unpaired) electrons. The van der Waals surface area contributed by atoms with E-state index in [0.717, 1.165) is 12.8 Å². The minimum atomic E-state index is -2.51. The molecule has 110 valence electrons. The van der Waals surface area contributed by atoms with Crippen molar-refractivity contribution in [2.45, 2.75) is 32.2 Å². The highest BCUT2D eigenvalue weighted by molar-refractivity contribution is 6.06. The van der Waals surface area contributed by atoms with Crippen molar-refractivity contribution in [2.24, 2.45) is 0 Å². The van der Waals surface area contributed by atoms with Gasteiger partial charge in [0.1, 0.15) is 0 Å². The van der Waals surface area contributed by atoms with Gasteiger partial charge in [0.25, 0.3) is 12.3 Å². The summed E-state index contributed by atoms with van der Waals surface area (Å²) in [5, 5.41) is 0.716. The molecule has 0 bridgehead atoms. The van der Waals surface area contributed by atoms with Gasteiger partial charge >= 0.3 is 0 Å². The van der Waals surface area contributed by atoms with Crippen LogP contribution < -0.4 is 0 Å². The first kappa shape index (κ1) is 13.9. The number of nitrogens with zero attached hydrogens (tertiary/aromatic N) is 2. The lowest BCUT2D eigenvalue weighted by Crippen LogP contribution is -2.37. The van der Waals surface area contributed by atoms with E-state index < -0.39 is 13.0 Å². The molecule has 1 aromatic heterocycles. The summed E-state index contributed by atoms with van der Waals surface area (Å²) in [6, 6.07) is 8.95. The van der Waals surface area contributed by atoms with E-state index in [2.05, 4.69) is 4.98 Å². The zero-order chi connectivity index (χ0) is 15.0. The van der Waals surface area contributed by atoms with E-state index in [4.69, 9.17) is 0 Å². The molecule has 1 fully saturated rings. The number of aryl methyl sites for hydroxylation is 1. The zero-order valence-electron chi connectivity index (χ0n) is 11.7. The molecule has 1 amide bonds. The first-order valence-corrected chi connectivity index (χ1v) is 7.02. The van der Waals surface area contributed by atoms with Crippen LogP contribution >= 0.6 is 0 Å². The zero-order valence-corrected chi connectivity index (χ0v) is 11.7. The van der Waals surface area contributed by atoms with Crippen LogP contribution in [0.15, 0.2) is 30.3 Å². The lowest BCUT2D eigenvalue weighted by atomic mass is 10.1. The van der Waals surface area contributed by atoms with E-state index in [0.29, 0.717) is 22.2 Å². The Balaban J connectivity index is 2.03. The number of halogens is 2. The summed E-state index contributed by atoms with van der Waals surface area (Å²) < 4.78 is 25.5. The Morgan fingerprint density at radius 2 is 2.10 bits per heavy atom. The maximum atomic E-state index is 12.7. The molecule has 3 rings (SSSR count). The molecule has 0 saturated heterocycles. The van der Waals surface area contributed by atoms with E-state index >= 15 is 0 Å². The van der Waals surface area contributed by atoms with Gasteiger partial charge in [0, 0.05) is 17.1 Å². The lowest BCUT2D eigenvalue weighted by molar-refractivity contribution is 0.0536. The fourth-order valence-electron chi connectivity index (χ4n) is 2.57. The van der Waals surface area contributed by atoms with Crippen molar-refractivity contribution in [3.63, 3.8) is 0 Å². The van der Waals surface area contributed by atoms with Crippen LogP contribution in [0.25, 0.3) is 10.9 Å². The fourth-order valence-corrected chi connectivity index (χ4v) is 2.57. The van der Waals surface area contributed by atoms with E-state index in [-0.39, 0.29) is 11.9 Å². The molecule has 2 aromatic rings. The van der Waals surface area contributed by atoms with Crippen molar-refractivity contribution in [1.82, 2.24) is 9.88 Å². The molecule has 0 aliphatic heterocycles. The van der Waals surface area contributed by atoms with Crippen molar-refractivity contribution in [1.29, 1.82) is 0 Å². The Hall–Kier alpha value is -2.04. The van der Waals surface area contributed by atoms with E-state index in [9.17, 15) is 13.6 Å². The molecule has 5 heteroatoms. The standard InChI is InChI=1S/C16H16F2N2O/c1-10-8-13(12-4-2-3-5-14(12)19-10)16(21)20(9-15(17)18)11-6-7-11/h2-5,8,11,15H,6-7,9H2,1H3. The number of carbonyl (C=O) groups excluding carboxylic acids is 1. The predicted molar refractivity (Wildman–Crippen MR) is 76.5 cm³/mol. The molecule has 0 spiro atoms. The number of hydrogen-bond donors (Lipinski definition) is 0. The third-order valence-electron chi connectivity index (χ3n) is 3.66. The number of aromatic nitrogens is 1. The molecule has 1 aliphatic rings. The second kappa shape index (κ2) is 5.39. The molecule has 0 N–H and O–H groups in total. The van der Waals surface area contributed by atoms with Crippen molar-refractivity contribution in [2.75, 3.05) is 6.54 Å². The van der Waals surface area contributed by atoms with Gasteiger partial charge in [0.15, 0.2) is 0 Å². The van der Waals surface area contributed by atoms with Crippen molar-refractivity contribution < 1.29 is 13.6 Å². The summed E-state index contributed by atoms with van der Waals surface area (Å²) in [6.45, 7) is 1.30. The van der Waals surface area contributed by atoms with Crippen LogP contribution in [-0.4, -0.2) is 34.8 Å². The number of fused-ring (bicyclic) bond motifs is 1. The third kappa shape index (κ3) is 2.86. The largest absolute Gasteiger partial charge is 0.330 e. The number of carbonyl (C=O) groups is 1. The maximum Gasteiger partial charge on any atom is 0.255 e. The van der Waals surface area contributed by atoms with E-state index in [1.54, 1.807) is 13.0 Å². The SMILES string of the molecule is Cc1cc(C(=O)N(CC(F)F)C2CC2)c2ccccc2n1. The van der Waals surface area contributed by atoms with Crippen LogP contribution in [0.2, 0.25) is 0 Å². The van der Waals surface area contributed by atoms with Gasteiger partial charge in [-0.25, -0.2) is 8.78 Å². The number of amides is 1. The number of hydrogen-bond acceptors (Lipinski definition) is 2. The van der Waals surface area contributed by atoms with E-state index in [1.807, 2.05) is 24.3 Å². The number of alkyl halides is 2. The summed E-state index contributed by atoms with van der Waals surface area (Å²) in [7, 11) is 0. The summed E-state index contributed by atoms with van der Waals surface area (Å²) in [6.07, 6.45) is -0.898. The van der Waals surface area contributed by atoms with Gasteiger partial charge in [-0.3, -0.25) is 9.78 Å². The fraction of sp³-hybridized carbons (Fsp3) is 0.375. The molecule has 1 aliphatic carbocycles. The quantitative estimate of drug-likeness (QED) is 0.864. The minimum absolute atomic E-state index is 0.0428. The first-order valence-electron chi connectivity index (χ1n) is 7.02. The van der Waals surface area contributed by atoms with Crippen LogP contribution in [0.4, 0.5) is 8.78 Å². The van der Waals surface area contributed by atoms with Crippen LogP contribution in [0.1, 0.15) is 28.9 Å². The van der Waals surface area contributed by atoms with Gasteiger partial charge in [-0.05, 0) is 31.9 Å². The number of benzene rings is 1. The highest BCUT2D eigenvalue weighted by Crippen LogP contribution is 2.30. The van der Waals surface area contributed by atoms with Crippen LogP contribution in [0, 0.1) is 6.92 Å². The topological polar surface area (TPSA) is 33.2 Å². The van der Waals surface area contributed by atoms with Crippen LogP contribution in [-0.2, 0) is 0 Å². The molecule has 3 nitrogen and oxygen atoms in total. The lowest BCUT2D eigenvalue weighted by Gasteiger charge is -2.22. The molecular weight excluding hydrogens is 274 g/mol. The van der Waals surface area contributed by atoms with Crippen LogP contribution in [0.5, 0.6) is 0 Å². The normalized spacial score (nSPS) is 14.7. The summed E-state index contributed by atoms with van der Waals surface area (Å²) in [4.78, 5) is 18.4. The van der Waals surface area contributed by atoms with Crippen LogP contribution in [0.3, 0.4) is 0 Å².